The number of nitriles is 1. The van der Waals surface area contributed by atoms with E-state index in [0.29, 0.717) is 5.56 Å². The van der Waals surface area contributed by atoms with Crippen molar-refractivity contribution in [3.8, 4) is 28.7 Å². The quantitative estimate of drug-likeness (QED) is 0.185. The number of rotatable bonds is 3. The second-order valence-electron chi connectivity index (χ2n) is 13.8. The molecule has 0 amide bonds. The van der Waals surface area contributed by atoms with Crippen LogP contribution in [0.15, 0.2) is 167 Å². The molecule has 5 heterocycles. The van der Waals surface area contributed by atoms with E-state index in [1.54, 1.807) is 0 Å². The van der Waals surface area contributed by atoms with Crippen LogP contribution in [-0.2, 0) is 0 Å². The zero-order valence-electron chi connectivity index (χ0n) is 28.6. The Morgan fingerprint density at radius 1 is 0.481 bits per heavy atom. The average molecular weight is 691 g/mol. The summed E-state index contributed by atoms with van der Waals surface area (Å²) < 4.78 is 17.7. The van der Waals surface area contributed by atoms with E-state index in [0.717, 1.165) is 110 Å². The summed E-state index contributed by atoms with van der Waals surface area (Å²) in [7, 11) is 0. The molecule has 12 aromatic rings. The monoisotopic (exact) mass is 690 g/mol. The Kier molecular flexibility index (Phi) is 5.75. The van der Waals surface area contributed by atoms with Gasteiger partial charge in [0.2, 0.25) is 0 Å². The van der Waals surface area contributed by atoms with Crippen molar-refractivity contribution < 1.29 is 8.83 Å². The van der Waals surface area contributed by atoms with E-state index in [1.165, 1.54) is 0 Å². The number of hydrogen-bond acceptors (Lipinski definition) is 4. The van der Waals surface area contributed by atoms with Crippen LogP contribution in [0.2, 0.25) is 0 Å². The van der Waals surface area contributed by atoms with Gasteiger partial charge >= 0.3 is 0 Å². The van der Waals surface area contributed by atoms with Gasteiger partial charge in [-0.1, -0.05) is 84.9 Å². The predicted octanol–water partition coefficient (Wildman–Crippen LogP) is 12.6. The molecule has 0 N–H and O–H groups in total. The first-order valence-electron chi connectivity index (χ1n) is 17.9. The molecule has 0 saturated heterocycles. The molecule has 0 spiro atoms. The number of benzene rings is 7. The minimum absolute atomic E-state index is 0.590. The minimum atomic E-state index is 0.590. The first-order chi connectivity index (χ1) is 26.7. The normalized spacial score (nSPS) is 12.1. The van der Waals surface area contributed by atoms with Gasteiger partial charge < -0.3 is 13.4 Å². The van der Waals surface area contributed by atoms with Crippen LogP contribution in [0, 0.1) is 11.3 Å². The predicted molar refractivity (Wildman–Crippen MR) is 218 cm³/mol. The second-order valence-corrected chi connectivity index (χ2v) is 13.8. The first kappa shape index (κ1) is 29.0. The lowest BCUT2D eigenvalue weighted by molar-refractivity contribution is 0.672. The van der Waals surface area contributed by atoms with Crippen LogP contribution in [0.4, 0.5) is 0 Å². The van der Waals surface area contributed by atoms with Crippen molar-refractivity contribution in [3.63, 3.8) is 0 Å². The van der Waals surface area contributed by atoms with Gasteiger partial charge in [0, 0.05) is 37.9 Å². The number of para-hydroxylation sites is 4. The number of aromatic nitrogens is 3. The van der Waals surface area contributed by atoms with Gasteiger partial charge in [-0.2, -0.15) is 5.26 Å². The third-order valence-electron chi connectivity index (χ3n) is 11.0. The summed E-state index contributed by atoms with van der Waals surface area (Å²) in [6.45, 7) is 0. The Balaban J connectivity index is 1.18. The number of pyridine rings is 1. The van der Waals surface area contributed by atoms with Gasteiger partial charge in [-0.25, -0.2) is 4.98 Å². The maximum Gasteiger partial charge on any atom is 0.145 e. The standard InChI is InChI=1S/C48H26N4O2/c49-26-28-10-9-11-29(24-28)36-25-44(52-38-17-6-2-15-35(38)46-40(52)23-21-33-31-13-4-8-19-43(31)54-48(33)46)50-27-41(36)51-37-16-5-1-14-34(37)45-39(51)22-20-32-30-12-3-7-18-42(30)53-47(32)45/h1-25,27H. The number of furan rings is 2. The van der Waals surface area contributed by atoms with Gasteiger partial charge in [0.05, 0.1) is 56.4 Å². The third-order valence-corrected chi connectivity index (χ3v) is 11.0. The molecule has 5 aromatic heterocycles. The molecule has 54 heavy (non-hydrogen) atoms. The van der Waals surface area contributed by atoms with Crippen molar-refractivity contribution in [2.24, 2.45) is 0 Å². The molecular formula is C48H26N4O2. The molecule has 0 unspecified atom stereocenters. The van der Waals surface area contributed by atoms with E-state index in [4.69, 9.17) is 13.8 Å². The van der Waals surface area contributed by atoms with E-state index in [2.05, 4.69) is 124 Å². The van der Waals surface area contributed by atoms with Gasteiger partial charge in [-0.3, -0.25) is 4.57 Å². The molecule has 250 valence electrons. The van der Waals surface area contributed by atoms with Crippen molar-refractivity contribution in [1.82, 2.24) is 14.1 Å². The van der Waals surface area contributed by atoms with Gasteiger partial charge in [0.25, 0.3) is 0 Å². The van der Waals surface area contributed by atoms with Gasteiger partial charge in [-0.15, -0.1) is 0 Å². The SMILES string of the molecule is N#Cc1cccc(-c2cc(-n3c4ccccc4c4c5oc6ccccc6c5ccc43)ncc2-n2c3ccccc3c3c4oc5ccccc5c4ccc32)c1. The van der Waals surface area contributed by atoms with Crippen LogP contribution < -0.4 is 0 Å². The van der Waals surface area contributed by atoms with Crippen molar-refractivity contribution in [2.45, 2.75) is 0 Å². The van der Waals surface area contributed by atoms with Crippen LogP contribution >= 0.6 is 0 Å². The highest BCUT2D eigenvalue weighted by atomic mass is 16.3. The van der Waals surface area contributed by atoms with Crippen molar-refractivity contribution in [3.05, 3.63) is 163 Å². The molecule has 0 fully saturated rings. The maximum absolute atomic E-state index is 9.99. The summed E-state index contributed by atoms with van der Waals surface area (Å²) in [5.41, 5.74) is 10.9. The van der Waals surface area contributed by atoms with E-state index in [9.17, 15) is 5.26 Å². The number of nitrogens with zero attached hydrogens (tertiary/aromatic N) is 4. The lowest BCUT2D eigenvalue weighted by Crippen LogP contribution is -2.03. The average Bonchev–Trinajstić information content (AvgIpc) is 3.98. The Labute approximate surface area is 306 Å². The molecule has 0 aliphatic carbocycles. The van der Waals surface area contributed by atoms with Crippen LogP contribution in [0.1, 0.15) is 5.56 Å². The molecule has 0 bridgehead atoms. The summed E-state index contributed by atoms with van der Waals surface area (Å²) in [6.07, 6.45) is 1.97. The maximum atomic E-state index is 9.99. The van der Waals surface area contributed by atoms with Gasteiger partial charge in [-0.05, 0) is 72.3 Å². The Morgan fingerprint density at radius 2 is 1.04 bits per heavy atom. The fraction of sp³-hybridized carbons (Fsp3) is 0. The molecule has 0 aliphatic rings. The molecule has 6 heteroatoms. The summed E-state index contributed by atoms with van der Waals surface area (Å²) in [6, 6.07) is 54.3. The highest BCUT2D eigenvalue weighted by Crippen LogP contribution is 2.44. The van der Waals surface area contributed by atoms with E-state index in [1.807, 2.05) is 48.7 Å². The lowest BCUT2D eigenvalue weighted by atomic mass is 10.0. The van der Waals surface area contributed by atoms with Crippen LogP contribution in [0.25, 0.3) is 110 Å². The van der Waals surface area contributed by atoms with Gasteiger partial charge in [0.15, 0.2) is 0 Å². The molecule has 12 rings (SSSR count). The Hall–Kier alpha value is -7.62. The number of hydrogen-bond donors (Lipinski definition) is 0. The van der Waals surface area contributed by atoms with E-state index >= 15 is 0 Å². The zero-order chi connectivity index (χ0) is 35.5. The molecule has 6 nitrogen and oxygen atoms in total. The molecular weight excluding hydrogens is 665 g/mol. The first-order valence-corrected chi connectivity index (χ1v) is 17.9. The van der Waals surface area contributed by atoms with E-state index in [-0.39, 0.29) is 0 Å². The molecule has 0 atom stereocenters. The smallest absolute Gasteiger partial charge is 0.145 e. The summed E-state index contributed by atoms with van der Waals surface area (Å²) in [5, 5.41) is 18.6. The highest BCUT2D eigenvalue weighted by molar-refractivity contribution is 6.25. The molecule has 0 saturated carbocycles. The lowest BCUT2D eigenvalue weighted by Gasteiger charge is -2.16. The molecule has 0 aliphatic heterocycles. The summed E-state index contributed by atoms with van der Waals surface area (Å²) >= 11 is 0. The van der Waals surface area contributed by atoms with Crippen LogP contribution in [0.5, 0.6) is 0 Å². The molecule has 7 aromatic carbocycles. The largest absolute Gasteiger partial charge is 0.455 e. The fourth-order valence-electron chi connectivity index (χ4n) is 8.70. The summed E-state index contributed by atoms with van der Waals surface area (Å²) in [4.78, 5) is 5.26. The summed E-state index contributed by atoms with van der Waals surface area (Å²) in [5.74, 6) is 0.762. The topological polar surface area (TPSA) is 72.8 Å². The van der Waals surface area contributed by atoms with Crippen LogP contribution in [-0.4, -0.2) is 14.1 Å². The minimum Gasteiger partial charge on any atom is -0.455 e. The molecule has 0 radical (unpaired) electrons. The van der Waals surface area contributed by atoms with Crippen molar-refractivity contribution >= 4 is 87.5 Å². The third kappa shape index (κ3) is 3.84. The Morgan fingerprint density at radius 3 is 1.67 bits per heavy atom. The second kappa shape index (κ2) is 10.7. The van der Waals surface area contributed by atoms with Crippen LogP contribution in [0.3, 0.4) is 0 Å². The highest BCUT2D eigenvalue weighted by Gasteiger charge is 2.23. The zero-order valence-corrected chi connectivity index (χ0v) is 28.6. The van der Waals surface area contributed by atoms with Crippen molar-refractivity contribution in [2.75, 3.05) is 0 Å². The number of fused-ring (bicyclic) bond motifs is 14. The fourth-order valence-corrected chi connectivity index (χ4v) is 8.70. The van der Waals surface area contributed by atoms with Gasteiger partial charge in [0.1, 0.15) is 28.1 Å². The Bertz CT molecular complexity index is 3590. The van der Waals surface area contributed by atoms with E-state index < -0.39 is 0 Å². The van der Waals surface area contributed by atoms with Crippen molar-refractivity contribution in [1.29, 1.82) is 5.26 Å².